The summed E-state index contributed by atoms with van der Waals surface area (Å²) in [7, 11) is 0. The van der Waals surface area contributed by atoms with E-state index in [1.807, 2.05) is 33.8 Å². The van der Waals surface area contributed by atoms with E-state index >= 15 is 0 Å². The third-order valence-electron chi connectivity index (χ3n) is 6.50. The van der Waals surface area contributed by atoms with E-state index in [1.54, 1.807) is 0 Å². The molecule has 170 valence electrons. The Kier molecular flexibility index (Phi) is 6.43. The van der Waals surface area contributed by atoms with E-state index in [0.717, 1.165) is 50.4 Å². The number of carbonyl (C=O) groups is 1. The summed E-state index contributed by atoms with van der Waals surface area (Å²) in [4.78, 5) is 14.7. The number of esters is 1. The average molecular weight is 434 g/mol. The first-order valence-corrected chi connectivity index (χ1v) is 11.7. The maximum absolute atomic E-state index is 12.3. The quantitative estimate of drug-likeness (QED) is 0.457. The minimum absolute atomic E-state index is 0.0999. The molecule has 2 heterocycles. The number of piperidine rings is 1. The fourth-order valence-electron chi connectivity index (χ4n) is 4.69. The summed E-state index contributed by atoms with van der Waals surface area (Å²) in [6.45, 7) is 11.2. The second-order valence-electron chi connectivity index (χ2n) is 10.3. The van der Waals surface area contributed by atoms with Crippen LogP contribution < -0.4 is 4.74 Å². The summed E-state index contributed by atoms with van der Waals surface area (Å²) in [5.41, 5.74) is 3.36. The van der Waals surface area contributed by atoms with Gasteiger partial charge in [-0.3, -0.25) is 4.79 Å². The van der Waals surface area contributed by atoms with Crippen LogP contribution in [-0.4, -0.2) is 42.7 Å². The highest BCUT2D eigenvalue weighted by molar-refractivity contribution is 5.73. The van der Waals surface area contributed by atoms with Crippen molar-refractivity contribution in [2.24, 2.45) is 5.92 Å². The number of hydrogen-bond acceptors (Lipinski definition) is 4. The van der Waals surface area contributed by atoms with Crippen molar-refractivity contribution in [3.63, 3.8) is 0 Å². The predicted octanol–water partition coefficient (Wildman–Crippen LogP) is 5.56. The molecule has 0 amide bonds. The van der Waals surface area contributed by atoms with Gasteiger partial charge in [-0.05, 0) is 63.9 Å². The van der Waals surface area contributed by atoms with E-state index < -0.39 is 5.60 Å². The minimum Gasteiger partial charge on any atom is -0.492 e. The molecule has 0 bridgehead atoms. The summed E-state index contributed by atoms with van der Waals surface area (Å²) in [5.74, 6) is 0.800. The van der Waals surface area contributed by atoms with E-state index in [-0.39, 0.29) is 17.3 Å². The van der Waals surface area contributed by atoms with Crippen molar-refractivity contribution in [3.8, 4) is 5.75 Å². The van der Waals surface area contributed by atoms with Crippen molar-refractivity contribution >= 4 is 18.1 Å². The first-order valence-electron chi connectivity index (χ1n) is 11.7. The van der Waals surface area contributed by atoms with E-state index in [4.69, 9.17) is 9.47 Å². The first-order chi connectivity index (χ1) is 15.2. The van der Waals surface area contributed by atoms with Crippen LogP contribution in [-0.2, 0) is 14.9 Å². The molecule has 2 aromatic carbocycles. The van der Waals surface area contributed by atoms with Gasteiger partial charge >= 0.3 is 5.97 Å². The summed E-state index contributed by atoms with van der Waals surface area (Å²) >= 11 is 0. The monoisotopic (exact) mass is 433 g/mol. The summed E-state index contributed by atoms with van der Waals surface area (Å²) < 4.78 is 11.7. The Bertz CT molecular complexity index is 966. The average Bonchev–Trinajstić information content (AvgIpc) is 3.11. The molecular formula is C28H35NO3. The van der Waals surface area contributed by atoms with Crippen molar-refractivity contribution in [2.75, 3.05) is 26.2 Å². The van der Waals surface area contributed by atoms with Gasteiger partial charge in [0.1, 0.15) is 11.4 Å². The van der Waals surface area contributed by atoms with Crippen LogP contribution in [0.2, 0.25) is 0 Å². The summed E-state index contributed by atoms with van der Waals surface area (Å²) in [5, 5.41) is 0. The van der Waals surface area contributed by atoms with Gasteiger partial charge in [-0.25, -0.2) is 0 Å². The number of rotatable bonds is 5. The number of carbonyl (C=O) groups excluding carboxylic acids is 1. The lowest BCUT2D eigenvalue weighted by Gasteiger charge is -2.39. The fourth-order valence-corrected chi connectivity index (χ4v) is 4.69. The number of ether oxygens (including phenoxy) is 2. The Labute approximate surface area is 192 Å². The van der Waals surface area contributed by atoms with Crippen LogP contribution in [0.25, 0.3) is 12.2 Å². The Hall–Kier alpha value is -2.59. The van der Waals surface area contributed by atoms with Gasteiger partial charge in [-0.2, -0.15) is 0 Å². The molecule has 0 aliphatic carbocycles. The van der Waals surface area contributed by atoms with Crippen molar-refractivity contribution in [3.05, 3.63) is 65.2 Å². The van der Waals surface area contributed by atoms with Crippen LogP contribution in [0.15, 0.2) is 48.5 Å². The Morgan fingerprint density at radius 1 is 1.09 bits per heavy atom. The first kappa shape index (κ1) is 22.6. The summed E-state index contributed by atoms with van der Waals surface area (Å²) in [6.07, 6.45) is 6.39. The molecular weight excluding hydrogens is 398 g/mol. The van der Waals surface area contributed by atoms with Crippen LogP contribution in [0.4, 0.5) is 0 Å². The van der Waals surface area contributed by atoms with Gasteiger partial charge in [0.05, 0.1) is 12.5 Å². The molecule has 0 radical (unpaired) electrons. The smallest absolute Gasteiger partial charge is 0.310 e. The fraction of sp³-hybridized carbons (Fsp3) is 0.464. The van der Waals surface area contributed by atoms with Crippen LogP contribution in [0.3, 0.4) is 0 Å². The molecule has 0 saturated carbocycles. The van der Waals surface area contributed by atoms with Gasteiger partial charge in [-0.15, -0.1) is 0 Å². The molecule has 1 spiro atoms. The Morgan fingerprint density at radius 2 is 1.78 bits per heavy atom. The van der Waals surface area contributed by atoms with E-state index in [2.05, 4.69) is 59.5 Å². The van der Waals surface area contributed by atoms with Crippen molar-refractivity contribution in [2.45, 2.75) is 51.6 Å². The van der Waals surface area contributed by atoms with Crippen LogP contribution in [0, 0.1) is 5.92 Å². The molecule has 2 aromatic rings. The zero-order valence-electron chi connectivity index (χ0n) is 19.8. The molecule has 1 unspecified atom stereocenters. The molecule has 4 nitrogen and oxygen atoms in total. The van der Waals surface area contributed by atoms with Crippen molar-refractivity contribution in [1.82, 2.24) is 4.90 Å². The highest BCUT2D eigenvalue weighted by atomic mass is 16.6. The maximum atomic E-state index is 12.3. The normalized spacial score (nSPS) is 19.0. The SMILES string of the molecule is CC(CN1CCC2(CC1)COc1cc(/C=C/c3ccccc3)ccc12)C(=O)OC(C)(C)C. The minimum atomic E-state index is -0.433. The van der Waals surface area contributed by atoms with E-state index in [9.17, 15) is 4.79 Å². The topological polar surface area (TPSA) is 38.8 Å². The highest BCUT2D eigenvalue weighted by Gasteiger charge is 2.43. The molecule has 2 aliphatic heterocycles. The second kappa shape index (κ2) is 9.11. The van der Waals surface area contributed by atoms with Gasteiger partial charge in [0.15, 0.2) is 0 Å². The molecule has 0 N–H and O–H groups in total. The standard InChI is InChI=1S/C28H35NO3/c1-21(26(30)32-27(2,3)4)19-29-16-14-28(15-17-29)20-31-25-18-23(12-13-24(25)28)11-10-22-8-6-5-7-9-22/h5-13,18,21H,14-17,19-20H2,1-4H3/b11-10+. The van der Waals surface area contributed by atoms with Gasteiger partial charge in [0.25, 0.3) is 0 Å². The van der Waals surface area contributed by atoms with Gasteiger partial charge in [0, 0.05) is 17.5 Å². The molecule has 2 aliphatic rings. The number of nitrogens with zero attached hydrogens (tertiary/aromatic N) is 1. The Balaban J connectivity index is 1.36. The number of fused-ring (bicyclic) bond motifs is 2. The van der Waals surface area contributed by atoms with E-state index in [0.29, 0.717) is 0 Å². The second-order valence-corrected chi connectivity index (χ2v) is 10.3. The molecule has 1 fully saturated rings. The zero-order chi connectivity index (χ0) is 22.8. The van der Waals surface area contributed by atoms with Crippen molar-refractivity contribution in [1.29, 1.82) is 0 Å². The Morgan fingerprint density at radius 3 is 2.47 bits per heavy atom. The third kappa shape index (κ3) is 5.24. The highest BCUT2D eigenvalue weighted by Crippen LogP contribution is 2.46. The largest absolute Gasteiger partial charge is 0.492 e. The molecule has 1 saturated heterocycles. The van der Waals surface area contributed by atoms with Crippen LogP contribution in [0.1, 0.15) is 57.2 Å². The number of hydrogen-bond donors (Lipinski definition) is 0. The number of likely N-dealkylation sites (tertiary alicyclic amines) is 1. The van der Waals surface area contributed by atoms with Crippen LogP contribution in [0.5, 0.6) is 5.75 Å². The lowest BCUT2D eigenvalue weighted by atomic mass is 9.74. The predicted molar refractivity (Wildman–Crippen MR) is 130 cm³/mol. The van der Waals surface area contributed by atoms with Gasteiger partial charge in [0.2, 0.25) is 0 Å². The zero-order valence-corrected chi connectivity index (χ0v) is 19.8. The van der Waals surface area contributed by atoms with E-state index in [1.165, 1.54) is 11.1 Å². The van der Waals surface area contributed by atoms with Gasteiger partial charge in [-0.1, -0.05) is 61.5 Å². The molecule has 0 aromatic heterocycles. The maximum Gasteiger partial charge on any atom is 0.310 e. The lowest BCUT2D eigenvalue weighted by Crippen LogP contribution is -2.46. The van der Waals surface area contributed by atoms with Gasteiger partial charge < -0.3 is 14.4 Å². The molecule has 4 rings (SSSR count). The number of benzene rings is 2. The summed E-state index contributed by atoms with van der Waals surface area (Å²) in [6, 6.07) is 17.0. The van der Waals surface area contributed by atoms with Crippen molar-refractivity contribution < 1.29 is 14.3 Å². The third-order valence-corrected chi connectivity index (χ3v) is 6.50. The van der Waals surface area contributed by atoms with Crippen LogP contribution >= 0.6 is 0 Å². The lowest BCUT2D eigenvalue weighted by molar-refractivity contribution is -0.160. The molecule has 4 heteroatoms. The molecule has 32 heavy (non-hydrogen) atoms. The molecule has 1 atom stereocenters.